The van der Waals surface area contributed by atoms with Gasteiger partial charge < -0.3 is 5.32 Å². The summed E-state index contributed by atoms with van der Waals surface area (Å²) in [4.78, 5) is 10.2. The van der Waals surface area contributed by atoms with Crippen molar-refractivity contribution in [1.29, 1.82) is 0 Å². The van der Waals surface area contributed by atoms with E-state index in [1.54, 1.807) is 6.07 Å². The molecule has 1 atom stereocenters. The molecule has 1 aromatic carbocycles. The van der Waals surface area contributed by atoms with Crippen LogP contribution in [0, 0.1) is 16.0 Å². The maximum atomic E-state index is 10.6. The predicted molar refractivity (Wildman–Crippen MR) is 71.7 cm³/mol. The minimum Gasteiger partial charge on any atom is -0.310 e. The van der Waals surface area contributed by atoms with Gasteiger partial charge in [-0.3, -0.25) is 10.1 Å². The zero-order valence-electron chi connectivity index (χ0n) is 10.4. The Balaban J connectivity index is 1.94. The van der Waals surface area contributed by atoms with Gasteiger partial charge in [-0.1, -0.05) is 18.0 Å². The first kappa shape index (κ1) is 13.3. The van der Waals surface area contributed by atoms with Crippen LogP contribution in [0.1, 0.15) is 31.7 Å². The van der Waals surface area contributed by atoms with Crippen molar-refractivity contribution in [2.24, 2.45) is 5.92 Å². The van der Waals surface area contributed by atoms with E-state index < -0.39 is 4.92 Å². The van der Waals surface area contributed by atoms with Crippen molar-refractivity contribution in [3.8, 4) is 0 Å². The summed E-state index contributed by atoms with van der Waals surface area (Å²) >= 11 is 6.04. The third-order valence-corrected chi connectivity index (χ3v) is 4.07. The number of nitro benzene ring substituents is 1. The number of nitrogens with zero attached hydrogens (tertiary/aromatic N) is 1. The summed E-state index contributed by atoms with van der Waals surface area (Å²) in [6.45, 7) is 2.84. The van der Waals surface area contributed by atoms with Crippen LogP contribution in [-0.2, 0) is 6.54 Å². The highest BCUT2D eigenvalue weighted by Crippen LogP contribution is 2.30. The van der Waals surface area contributed by atoms with Gasteiger partial charge in [0.25, 0.3) is 5.69 Å². The van der Waals surface area contributed by atoms with E-state index in [4.69, 9.17) is 11.6 Å². The first-order chi connectivity index (χ1) is 8.58. The molecule has 98 valence electrons. The zero-order chi connectivity index (χ0) is 13.1. The molecule has 1 unspecified atom stereocenters. The van der Waals surface area contributed by atoms with Gasteiger partial charge in [-0.25, -0.2) is 0 Å². The first-order valence-corrected chi connectivity index (χ1v) is 6.62. The van der Waals surface area contributed by atoms with E-state index in [1.807, 2.05) is 0 Å². The average Bonchev–Trinajstić information content (AvgIpc) is 2.24. The summed E-state index contributed by atoms with van der Waals surface area (Å²) < 4.78 is 0. The van der Waals surface area contributed by atoms with Crippen molar-refractivity contribution >= 4 is 17.3 Å². The van der Waals surface area contributed by atoms with Gasteiger partial charge in [0.1, 0.15) is 0 Å². The van der Waals surface area contributed by atoms with Crippen molar-refractivity contribution in [1.82, 2.24) is 5.32 Å². The molecule has 1 saturated carbocycles. The monoisotopic (exact) mass is 268 g/mol. The Bertz CT molecular complexity index is 447. The molecule has 0 saturated heterocycles. The Labute approximate surface area is 111 Å². The second-order valence-corrected chi connectivity index (χ2v) is 5.30. The van der Waals surface area contributed by atoms with Crippen LogP contribution in [0.15, 0.2) is 18.2 Å². The third-order valence-electron chi connectivity index (χ3n) is 3.72. The molecule has 4 nitrogen and oxygen atoms in total. The summed E-state index contributed by atoms with van der Waals surface area (Å²) in [6, 6.07) is 5.11. The fourth-order valence-electron chi connectivity index (χ4n) is 2.17. The van der Waals surface area contributed by atoms with E-state index in [9.17, 15) is 10.1 Å². The maximum absolute atomic E-state index is 10.6. The Hall–Kier alpha value is -1.13. The fourth-order valence-corrected chi connectivity index (χ4v) is 2.41. The van der Waals surface area contributed by atoms with Gasteiger partial charge in [-0.2, -0.15) is 0 Å². The molecule has 1 aliphatic rings. The highest BCUT2D eigenvalue weighted by atomic mass is 35.5. The van der Waals surface area contributed by atoms with Crippen LogP contribution in [0.25, 0.3) is 0 Å². The Kier molecular flexibility index (Phi) is 4.19. The predicted octanol–water partition coefficient (Wildman–Crippen LogP) is 3.53. The van der Waals surface area contributed by atoms with E-state index in [1.165, 1.54) is 31.4 Å². The highest BCUT2D eigenvalue weighted by Gasteiger charge is 2.23. The molecule has 2 rings (SSSR count). The zero-order valence-corrected chi connectivity index (χ0v) is 11.1. The molecular formula is C13H17ClN2O2. The Morgan fingerprint density at radius 1 is 1.56 bits per heavy atom. The lowest BCUT2D eigenvalue weighted by Gasteiger charge is -2.32. The minimum absolute atomic E-state index is 0.0378. The number of rotatable bonds is 5. The Morgan fingerprint density at radius 2 is 2.28 bits per heavy atom. The van der Waals surface area contributed by atoms with Gasteiger partial charge in [0, 0.05) is 24.7 Å². The second kappa shape index (κ2) is 5.67. The standard InChI is InChI=1S/C13H17ClN2O2/c1-9(10-3-2-4-10)15-8-11-5-6-12(16(17)18)7-13(11)14/h5-7,9-10,15H,2-4,8H2,1H3. The second-order valence-electron chi connectivity index (χ2n) is 4.89. The number of nitro groups is 1. The van der Waals surface area contributed by atoms with Gasteiger partial charge >= 0.3 is 0 Å². The van der Waals surface area contributed by atoms with Crippen LogP contribution >= 0.6 is 11.6 Å². The van der Waals surface area contributed by atoms with Crippen LogP contribution in [0.4, 0.5) is 5.69 Å². The number of nitrogens with one attached hydrogen (secondary N) is 1. The first-order valence-electron chi connectivity index (χ1n) is 6.24. The normalized spacial score (nSPS) is 17.2. The number of hydrogen-bond acceptors (Lipinski definition) is 3. The molecular weight excluding hydrogens is 252 g/mol. The third kappa shape index (κ3) is 3.00. The smallest absolute Gasteiger partial charge is 0.270 e. The van der Waals surface area contributed by atoms with Crippen LogP contribution in [0.3, 0.4) is 0 Å². The molecule has 0 bridgehead atoms. The number of non-ortho nitro benzene ring substituents is 1. The molecule has 1 aromatic rings. The van der Waals surface area contributed by atoms with E-state index in [0.29, 0.717) is 17.6 Å². The number of halogens is 1. The van der Waals surface area contributed by atoms with Gasteiger partial charge in [0.2, 0.25) is 0 Å². The molecule has 0 spiro atoms. The molecule has 1 N–H and O–H groups in total. The highest BCUT2D eigenvalue weighted by molar-refractivity contribution is 6.31. The van der Waals surface area contributed by atoms with E-state index in [2.05, 4.69) is 12.2 Å². The average molecular weight is 269 g/mol. The van der Waals surface area contributed by atoms with Gasteiger partial charge in [0.15, 0.2) is 0 Å². The lowest BCUT2D eigenvalue weighted by atomic mass is 9.80. The topological polar surface area (TPSA) is 55.2 Å². The summed E-state index contributed by atoms with van der Waals surface area (Å²) in [6.07, 6.45) is 3.92. The minimum atomic E-state index is -0.430. The van der Waals surface area contributed by atoms with Crippen molar-refractivity contribution in [2.75, 3.05) is 0 Å². The molecule has 18 heavy (non-hydrogen) atoms. The SMILES string of the molecule is CC(NCc1ccc([N+](=O)[O-])cc1Cl)C1CCC1. The van der Waals surface area contributed by atoms with Crippen LogP contribution in [0.2, 0.25) is 5.02 Å². The van der Waals surface area contributed by atoms with E-state index in [-0.39, 0.29) is 5.69 Å². The largest absolute Gasteiger partial charge is 0.310 e. The van der Waals surface area contributed by atoms with Gasteiger partial charge in [0.05, 0.1) is 9.95 Å². The van der Waals surface area contributed by atoms with Crippen molar-refractivity contribution in [2.45, 2.75) is 38.8 Å². The van der Waals surface area contributed by atoms with Crippen molar-refractivity contribution in [3.05, 3.63) is 38.9 Å². The molecule has 0 heterocycles. The molecule has 1 fully saturated rings. The van der Waals surface area contributed by atoms with Gasteiger partial charge in [-0.15, -0.1) is 0 Å². The summed E-state index contributed by atoms with van der Waals surface area (Å²) in [5, 5.41) is 14.5. The van der Waals surface area contributed by atoms with Crippen LogP contribution < -0.4 is 5.32 Å². The molecule has 0 aliphatic heterocycles. The number of benzene rings is 1. The molecule has 1 aliphatic carbocycles. The fraction of sp³-hybridized carbons (Fsp3) is 0.538. The van der Waals surface area contributed by atoms with Crippen molar-refractivity contribution in [3.63, 3.8) is 0 Å². The quantitative estimate of drug-likeness (QED) is 0.657. The lowest BCUT2D eigenvalue weighted by molar-refractivity contribution is -0.384. The van der Waals surface area contributed by atoms with E-state index >= 15 is 0 Å². The molecule has 0 amide bonds. The number of hydrogen-bond donors (Lipinski definition) is 1. The van der Waals surface area contributed by atoms with Crippen LogP contribution in [0.5, 0.6) is 0 Å². The summed E-state index contributed by atoms with van der Waals surface area (Å²) in [5.74, 6) is 0.766. The molecule has 0 aromatic heterocycles. The summed E-state index contributed by atoms with van der Waals surface area (Å²) in [5.41, 5.74) is 0.948. The van der Waals surface area contributed by atoms with Crippen molar-refractivity contribution < 1.29 is 4.92 Å². The van der Waals surface area contributed by atoms with Gasteiger partial charge in [-0.05, 0) is 37.3 Å². The molecule has 0 radical (unpaired) electrons. The lowest BCUT2D eigenvalue weighted by Crippen LogP contribution is -2.36. The summed E-state index contributed by atoms with van der Waals surface area (Å²) in [7, 11) is 0. The Morgan fingerprint density at radius 3 is 2.78 bits per heavy atom. The molecule has 5 heteroatoms. The maximum Gasteiger partial charge on any atom is 0.270 e. The van der Waals surface area contributed by atoms with Crippen LogP contribution in [-0.4, -0.2) is 11.0 Å². The van der Waals surface area contributed by atoms with E-state index in [0.717, 1.165) is 11.5 Å².